The van der Waals surface area contributed by atoms with Crippen molar-refractivity contribution < 1.29 is 0 Å². The molecule has 2 nitrogen and oxygen atoms in total. The van der Waals surface area contributed by atoms with Crippen LogP contribution in [-0.2, 0) is 0 Å². The Morgan fingerprint density at radius 2 is 2.25 bits per heavy atom. The Morgan fingerprint density at radius 1 is 1.44 bits per heavy atom. The number of rotatable bonds is 1. The maximum atomic E-state index is 6.27. The van der Waals surface area contributed by atoms with Crippen LogP contribution in [0.5, 0.6) is 0 Å². The van der Waals surface area contributed by atoms with Crippen molar-refractivity contribution in [3.63, 3.8) is 0 Å². The second-order valence-electron chi connectivity index (χ2n) is 4.61. The van der Waals surface area contributed by atoms with E-state index in [-0.39, 0.29) is 0 Å². The Kier molecular flexibility index (Phi) is 3.72. The van der Waals surface area contributed by atoms with Gasteiger partial charge in [-0.15, -0.1) is 0 Å². The molecule has 2 rings (SSSR count). The molecule has 0 amide bonds. The predicted octanol–water partition coefficient (Wildman–Crippen LogP) is 2.84. The molecule has 1 aliphatic heterocycles. The summed E-state index contributed by atoms with van der Waals surface area (Å²) >= 11 is 6.27. The molecule has 3 heteroatoms. The van der Waals surface area contributed by atoms with Gasteiger partial charge in [-0.1, -0.05) is 17.7 Å². The maximum Gasteiger partial charge on any atom is 0.0639 e. The topological polar surface area (TPSA) is 15.3 Å². The van der Waals surface area contributed by atoms with Gasteiger partial charge in [0.15, 0.2) is 0 Å². The largest absolute Gasteiger partial charge is 0.369 e. The minimum Gasteiger partial charge on any atom is -0.369 e. The molecular formula is C13H19ClN2. The molecule has 0 saturated carbocycles. The van der Waals surface area contributed by atoms with Gasteiger partial charge in [0.05, 0.1) is 10.7 Å². The molecule has 1 heterocycles. The number of nitrogens with one attached hydrogen (secondary N) is 1. The Hall–Kier alpha value is -0.730. The fraction of sp³-hybridized carbons (Fsp3) is 0.538. The van der Waals surface area contributed by atoms with Crippen molar-refractivity contribution in [2.75, 3.05) is 24.5 Å². The lowest BCUT2D eigenvalue weighted by molar-refractivity contribution is 0.585. The van der Waals surface area contributed by atoms with Gasteiger partial charge in [-0.05, 0) is 44.5 Å². The number of hydrogen-bond acceptors (Lipinski definition) is 2. The molecule has 0 spiro atoms. The lowest BCUT2D eigenvalue weighted by atomic mass is 10.2. The first-order valence-corrected chi connectivity index (χ1v) is 6.29. The summed E-state index contributed by atoms with van der Waals surface area (Å²) < 4.78 is 0. The van der Waals surface area contributed by atoms with Gasteiger partial charge < -0.3 is 10.2 Å². The lowest BCUT2D eigenvalue weighted by Gasteiger charge is -2.26. The summed E-state index contributed by atoms with van der Waals surface area (Å²) in [7, 11) is 0. The Balaban J connectivity index is 2.24. The van der Waals surface area contributed by atoms with Crippen LogP contribution in [-0.4, -0.2) is 25.7 Å². The second-order valence-corrected chi connectivity index (χ2v) is 5.02. The van der Waals surface area contributed by atoms with Crippen molar-refractivity contribution in [1.29, 1.82) is 0 Å². The van der Waals surface area contributed by atoms with Crippen LogP contribution in [0.3, 0.4) is 0 Å². The molecule has 16 heavy (non-hydrogen) atoms. The summed E-state index contributed by atoms with van der Waals surface area (Å²) in [5.41, 5.74) is 2.45. The monoisotopic (exact) mass is 238 g/mol. The molecule has 0 aliphatic carbocycles. The minimum atomic E-state index is 0.527. The van der Waals surface area contributed by atoms with E-state index in [9.17, 15) is 0 Å². The number of halogens is 1. The van der Waals surface area contributed by atoms with E-state index >= 15 is 0 Å². The molecule has 1 unspecified atom stereocenters. The molecule has 1 atom stereocenters. The number of hydrogen-bond donors (Lipinski definition) is 1. The van der Waals surface area contributed by atoms with E-state index in [0.717, 1.165) is 24.7 Å². The zero-order valence-electron chi connectivity index (χ0n) is 9.96. The van der Waals surface area contributed by atoms with E-state index in [2.05, 4.69) is 36.2 Å². The van der Waals surface area contributed by atoms with Gasteiger partial charge in [-0.2, -0.15) is 0 Å². The summed E-state index contributed by atoms with van der Waals surface area (Å²) in [5.74, 6) is 0. The normalized spacial score (nSPS) is 21.9. The molecule has 1 aromatic rings. The molecule has 0 bridgehead atoms. The molecule has 1 saturated heterocycles. The van der Waals surface area contributed by atoms with Crippen LogP contribution in [0.2, 0.25) is 5.02 Å². The van der Waals surface area contributed by atoms with E-state index in [1.807, 2.05) is 6.07 Å². The number of benzene rings is 1. The van der Waals surface area contributed by atoms with Crippen molar-refractivity contribution in [2.24, 2.45) is 0 Å². The molecular weight excluding hydrogens is 220 g/mol. The summed E-state index contributed by atoms with van der Waals surface area (Å²) in [5, 5.41) is 4.35. The highest BCUT2D eigenvalue weighted by atomic mass is 35.5. The quantitative estimate of drug-likeness (QED) is 0.810. The fourth-order valence-corrected chi connectivity index (χ4v) is 2.43. The smallest absolute Gasteiger partial charge is 0.0639 e. The van der Waals surface area contributed by atoms with E-state index in [4.69, 9.17) is 11.6 Å². The van der Waals surface area contributed by atoms with Crippen LogP contribution in [0.25, 0.3) is 0 Å². The van der Waals surface area contributed by atoms with Gasteiger partial charge in [-0.3, -0.25) is 0 Å². The van der Waals surface area contributed by atoms with Gasteiger partial charge in [-0.25, -0.2) is 0 Å². The second kappa shape index (κ2) is 5.07. The van der Waals surface area contributed by atoms with Gasteiger partial charge >= 0.3 is 0 Å². The molecule has 0 aromatic heterocycles. The molecule has 1 aliphatic rings. The van der Waals surface area contributed by atoms with Crippen LogP contribution >= 0.6 is 11.6 Å². The van der Waals surface area contributed by atoms with Gasteiger partial charge in [0, 0.05) is 19.1 Å². The highest BCUT2D eigenvalue weighted by Gasteiger charge is 2.16. The highest BCUT2D eigenvalue weighted by molar-refractivity contribution is 6.33. The zero-order chi connectivity index (χ0) is 11.5. The molecule has 0 radical (unpaired) electrons. The summed E-state index contributed by atoms with van der Waals surface area (Å²) in [6, 6.07) is 6.76. The number of nitrogens with zero attached hydrogens (tertiary/aromatic N) is 1. The SMILES string of the molecule is Cc1ccc(Cl)c(N2CCCNC(C)C2)c1. The van der Waals surface area contributed by atoms with Crippen LogP contribution < -0.4 is 10.2 Å². The molecule has 1 N–H and O–H groups in total. The first-order chi connectivity index (χ1) is 7.66. The predicted molar refractivity (Wildman–Crippen MR) is 70.5 cm³/mol. The fourth-order valence-electron chi connectivity index (χ4n) is 2.19. The zero-order valence-corrected chi connectivity index (χ0v) is 10.7. The Bertz CT molecular complexity index is 365. The average Bonchev–Trinajstić information content (AvgIpc) is 2.46. The Morgan fingerprint density at radius 3 is 3.06 bits per heavy atom. The van der Waals surface area contributed by atoms with Crippen molar-refractivity contribution >= 4 is 17.3 Å². The van der Waals surface area contributed by atoms with Crippen molar-refractivity contribution in [3.05, 3.63) is 28.8 Å². The van der Waals surface area contributed by atoms with Crippen molar-refractivity contribution in [2.45, 2.75) is 26.3 Å². The molecule has 1 aromatic carbocycles. The number of aryl methyl sites for hydroxylation is 1. The molecule has 88 valence electrons. The van der Waals surface area contributed by atoms with E-state index in [1.165, 1.54) is 17.7 Å². The Labute approximate surface area is 103 Å². The van der Waals surface area contributed by atoms with E-state index in [0.29, 0.717) is 6.04 Å². The van der Waals surface area contributed by atoms with Gasteiger partial charge in [0.25, 0.3) is 0 Å². The van der Waals surface area contributed by atoms with Crippen LogP contribution in [0.15, 0.2) is 18.2 Å². The summed E-state index contributed by atoms with van der Waals surface area (Å²) in [6.45, 7) is 7.55. The number of anilines is 1. The standard InChI is InChI=1S/C13H19ClN2/c1-10-4-5-12(14)13(8-10)16-7-3-6-15-11(2)9-16/h4-5,8,11,15H,3,6-7,9H2,1-2H3. The third kappa shape index (κ3) is 2.69. The first-order valence-electron chi connectivity index (χ1n) is 5.91. The summed E-state index contributed by atoms with van der Waals surface area (Å²) in [4.78, 5) is 2.39. The lowest BCUT2D eigenvalue weighted by Crippen LogP contribution is -2.35. The first kappa shape index (κ1) is 11.7. The minimum absolute atomic E-state index is 0.527. The van der Waals surface area contributed by atoms with Crippen LogP contribution in [0.4, 0.5) is 5.69 Å². The van der Waals surface area contributed by atoms with E-state index in [1.54, 1.807) is 0 Å². The third-order valence-electron chi connectivity index (χ3n) is 3.03. The average molecular weight is 239 g/mol. The highest BCUT2D eigenvalue weighted by Crippen LogP contribution is 2.27. The van der Waals surface area contributed by atoms with Crippen LogP contribution in [0, 0.1) is 6.92 Å². The molecule has 1 fully saturated rings. The van der Waals surface area contributed by atoms with Crippen LogP contribution in [0.1, 0.15) is 18.9 Å². The van der Waals surface area contributed by atoms with Gasteiger partial charge in [0.2, 0.25) is 0 Å². The third-order valence-corrected chi connectivity index (χ3v) is 3.35. The van der Waals surface area contributed by atoms with E-state index < -0.39 is 0 Å². The van der Waals surface area contributed by atoms with Gasteiger partial charge in [0.1, 0.15) is 0 Å². The van der Waals surface area contributed by atoms with Crippen molar-refractivity contribution in [3.8, 4) is 0 Å². The summed E-state index contributed by atoms with van der Waals surface area (Å²) in [6.07, 6.45) is 1.18. The van der Waals surface area contributed by atoms with Crippen molar-refractivity contribution in [1.82, 2.24) is 5.32 Å². The maximum absolute atomic E-state index is 6.27.